The van der Waals surface area contributed by atoms with Crippen molar-refractivity contribution in [1.29, 1.82) is 0 Å². The lowest BCUT2D eigenvalue weighted by atomic mass is 10.1. The quantitative estimate of drug-likeness (QED) is 0.520. The van der Waals surface area contributed by atoms with Crippen molar-refractivity contribution < 1.29 is 0 Å². The van der Waals surface area contributed by atoms with Crippen LogP contribution in [0.2, 0.25) is 0 Å². The van der Waals surface area contributed by atoms with Gasteiger partial charge in [-0.05, 0) is 33.1 Å². The van der Waals surface area contributed by atoms with Crippen molar-refractivity contribution in [2.75, 3.05) is 0 Å². The smallest absolute Gasteiger partial charge is 0.0286 e. The molecule has 0 rings (SSSR count). The Morgan fingerprint density at radius 3 is 2.36 bits per heavy atom. The summed E-state index contributed by atoms with van der Waals surface area (Å²) in [4.78, 5) is 0. The summed E-state index contributed by atoms with van der Waals surface area (Å²) in [6, 6.07) is 0. The molecule has 0 saturated heterocycles. The number of hydrogen-bond acceptors (Lipinski definition) is 0. The average molecular weight is 152 g/mol. The van der Waals surface area contributed by atoms with E-state index in [4.69, 9.17) is 0 Å². The van der Waals surface area contributed by atoms with Crippen molar-refractivity contribution in [2.45, 2.75) is 46.5 Å². The van der Waals surface area contributed by atoms with E-state index in [-0.39, 0.29) is 0 Å². The van der Waals surface area contributed by atoms with Crippen molar-refractivity contribution in [1.82, 2.24) is 0 Å². The van der Waals surface area contributed by atoms with Gasteiger partial charge in [-0.1, -0.05) is 37.1 Å². The van der Waals surface area contributed by atoms with Gasteiger partial charge in [-0.3, -0.25) is 0 Å². The predicted octanol–water partition coefficient (Wildman–Crippen LogP) is 4.09. The summed E-state index contributed by atoms with van der Waals surface area (Å²) in [7, 11) is 0. The molecule has 0 aromatic carbocycles. The molecule has 64 valence electrons. The molecule has 0 aromatic heterocycles. The minimum atomic E-state index is 1.20. The van der Waals surface area contributed by atoms with Crippen LogP contribution in [-0.4, -0.2) is 0 Å². The van der Waals surface area contributed by atoms with Crippen molar-refractivity contribution in [3.05, 3.63) is 23.8 Å². The van der Waals surface area contributed by atoms with Gasteiger partial charge >= 0.3 is 0 Å². The van der Waals surface area contributed by atoms with Gasteiger partial charge in [0.2, 0.25) is 0 Å². The fourth-order valence-corrected chi connectivity index (χ4v) is 1.17. The first-order valence-electron chi connectivity index (χ1n) is 4.60. The van der Waals surface area contributed by atoms with Crippen LogP contribution < -0.4 is 0 Å². The van der Waals surface area contributed by atoms with E-state index < -0.39 is 0 Å². The van der Waals surface area contributed by atoms with Gasteiger partial charge < -0.3 is 0 Å². The number of rotatable bonds is 5. The van der Waals surface area contributed by atoms with E-state index in [0.29, 0.717) is 0 Å². The van der Waals surface area contributed by atoms with Crippen LogP contribution in [0.1, 0.15) is 46.5 Å². The zero-order chi connectivity index (χ0) is 8.53. The zero-order valence-electron chi connectivity index (χ0n) is 8.06. The summed E-state index contributed by atoms with van der Waals surface area (Å²) in [6.45, 7) is 6.45. The third-order valence-corrected chi connectivity index (χ3v) is 1.85. The third-order valence-electron chi connectivity index (χ3n) is 1.85. The molecule has 0 bridgehead atoms. The summed E-state index contributed by atoms with van der Waals surface area (Å²) in [5.74, 6) is 0. The molecule has 0 atom stereocenters. The maximum Gasteiger partial charge on any atom is -0.0286 e. The van der Waals surface area contributed by atoms with Gasteiger partial charge in [0.05, 0.1) is 0 Å². The van der Waals surface area contributed by atoms with Gasteiger partial charge in [-0.15, -0.1) is 0 Å². The summed E-state index contributed by atoms with van der Waals surface area (Å²) in [5.41, 5.74) is 1.60. The Labute approximate surface area is 71.0 Å². The van der Waals surface area contributed by atoms with Crippen LogP contribution in [0.15, 0.2) is 23.8 Å². The fraction of sp³-hybridized carbons (Fsp3) is 0.636. The van der Waals surface area contributed by atoms with Crippen LogP contribution in [0, 0.1) is 0 Å². The summed E-state index contributed by atoms with van der Waals surface area (Å²) >= 11 is 0. The molecule has 0 unspecified atom stereocenters. The molecule has 0 saturated carbocycles. The van der Waals surface area contributed by atoms with Gasteiger partial charge in [-0.25, -0.2) is 0 Å². The molecule has 0 aromatic rings. The molecule has 0 fully saturated rings. The molecular weight excluding hydrogens is 132 g/mol. The highest BCUT2D eigenvalue weighted by molar-refractivity contribution is 5.01. The molecule has 0 heterocycles. The molecule has 11 heavy (non-hydrogen) atoms. The second-order valence-corrected chi connectivity index (χ2v) is 2.80. The normalized spacial score (nSPS) is 12.8. The lowest BCUT2D eigenvalue weighted by molar-refractivity contribution is 0.826. The molecule has 0 radical (unpaired) electrons. The van der Waals surface area contributed by atoms with Gasteiger partial charge in [0.1, 0.15) is 0 Å². The van der Waals surface area contributed by atoms with E-state index in [2.05, 4.69) is 39.0 Å². The standard InChI is InChI=1S/C11H20/c1-4-7-8-10-11(6-3)9-5-2/h4,6-7H,5,8-10H2,1-3H3. The topological polar surface area (TPSA) is 0 Å². The second kappa shape index (κ2) is 7.59. The third kappa shape index (κ3) is 5.90. The van der Waals surface area contributed by atoms with Crippen LogP contribution in [0.5, 0.6) is 0 Å². The largest absolute Gasteiger partial charge is 0.0917 e. The second-order valence-electron chi connectivity index (χ2n) is 2.80. The van der Waals surface area contributed by atoms with Crippen LogP contribution >= 0.6 is 0 Å². The van der Waals surface area contributed by atoms with E-state index in [1.54, 1.807) is 5.57 Å². The molecule has 0 heteroatoms. The molecule has 0 nitrogen and oxygen atoms in total. The van der Waals surface area contributed by atoms with Crippen LogP contribution in [0.4, 0.5) is 0 Å². The minimum absolute atomic E-state index is 1.20. The van der Waals surface area contributed by atoms with Gasteiger partial charge in [0.15, 0.2) is 0 Å². The SMILES string of the molecule is CC=CCCC(=CC)CCC. The predicted molar refractivity (Wildman–Crippen MR) is 52.7 cm³/mol. The monoisotopic (exact) mass is 152 g/mol. The molecule has 0 N–H and O–H groups in total. The summed E-state index contributed by atoms with van der Waals surface area (Å²) in [5, 5.41) is 0. The number of hydrogen-bond donors (Lipinski definition) is 0. The molecule has 0 spiro atoms. The maximum absolute atomic E-state index is 2.26. The Morgan fingerprint density at radius 2 is 1.91 bits per heavy atom. The molecule has 0 aliphatic heterocycles. The Hall–Kier alpha value is -0.520. The maximum atomic E-state index is 2.26. The molecule has 0 aliphatic carbocycles. The van der Waals surface area contributed by atoms with E-state index in [0.717, 1.165) is 0 Å². The Balaban J connectivity index is 3.53. The fourth-order valence-electron chi connectivity index (χ4n) is 1.17. The van der Waals surface area contributed by atoms with Crippen LogP contribution in [0.3, 0.4) is 0 Å². The van der Waals surface area contributed by atoms with Crippen molar-refractivity contribution >= 4 is 0 Å². The lowest BCUT2D eigenvalue weighted by Crippen LogP contribution is -1.81. The Morgan fingerprint density at radius 1 is 1.18 bits per heavy atom. The summed E-state index contributed by atoms with van der Waals surface area (Å²) < 4.78 is 0. The lowest BCUT2D eigenvalue weighted by Gasteiger charge is -2.01. The van der Waals surface area contributed by atoms with Crippen molar-refractivity contribution in [2.24, 2.45) is 0 Å². The Kier molecular flexibility index (Phi) is 7.23. The highest BCUT2D eigenvalue weighted by Gasteiger charge is 1.91. The first-order chi connectivity index (χ1) is 5.35. The molecule has 0 amide bonds. The van der Waals surface area contributed by atoms with Gasteiger partial charge in [0.25, 0.3) is 0 Å². The van der Waals surface area contributed by atoms with Gasteiger partial charge in [0, 0.05) is 0 Å². The minimum Gasteiger partial charge on any atom is -0.0917 e. The first kappa shape index (κ1) is 10.5. The average Bonchev–Trinajstić information content (AvgIpc) is 2.03. The molecule has 0 aliphatic rings. The van der Waals surface area contributed by atoms with Gasteiger partial charge in [-0.2, -0.15) is 0 Å². The first-order valence-corrected chi connectivity index (χ1v) is 4.60. The highest BCUT2D eigenvalue weighted by atomic mass is 14.0. The van der Waals surface area contributed by atoms with Crippen LogP contribution in [0.25, 0.3) is 0 Å². The zero-order valence-corrected chi connectivity index (χ0v) is 8.06. The Bertz CT molecular complexity index is 129. The van der Waals surface area contributed by atoms with E-state index in [1.165, 1.54) is 25.7 Å². The number of allylic oxidation sites excluding steroid dienone is 4. The van der Waals surface area contributed by atoms with Crippen molar-refractivity contribution in [3.8, 4) is 0 Å². The van der Waals surface area contributed by atoms with Crippen LogP contribution in [-0.2, 0) is 0 Å². The van der Waals surface area contributed by atoms with Crippen molar-refractivity contribution in [3.63, 3.8) is 0 Å². The molecular formula is C11H20. The van der Waals surface area contributed by atoms with E-state index >= 15 is 0 Å². The summed E-state index contributed by atoms with van der Waals surface area (Å²) in [6.07, 6.45) is 11.6. The van der Waals surface area contributed by atoms with E-state index in [9.17, 15) is 0 Å². The highest BCUT2D eigenvalue weighted by Crippen LogP contribution is 2.11. The van der Waals surface area contributed by atoms with E-state index in [1.807, 2.05) is 0 Å².